The lowest BCUT2D eigenvalue weighted by Crippen LogP contribution is -2.06. The smallest absolute Gasteiger partial charge is 0.355 e. The number of aromatic amines is 1. The number of H-pyrrole nitrogens is 1. The Morgan fingerprint density at radius 1 is 1.04 bits per heavy atom. The molecule has 1 heterocycles. The van der Waals surface area contributed by atoms with Crippen molar-refractivity contribution in [3.05, 3.63) is 48.2 Å². The van der Waals surface area contributed by atoms with Crippen LogP contribution >= 0.6 is 0 Å². The van der Waals surface area contributed by atoms with E-state index in [0.29, 0.717) is 23.8 Å². The standard InChI is InChI=1S/C19H19NO4/c1-4-24-19(21)18-17(12-8-6-5-7-9-12)13-10-15(22-2)16(23-3)11-14(13)20-18/h5-11,20H,4H2,1-3H3. The molecule has 24 heavy (non-hydrogen) atoms. The van der Waals surface area contributed by atoms with Gasteiger partial charge < -0.3 is 19.2 Å². The molecule has 2 aromatic carbocycles. The van der Waals surface area contributed by atoms with Gasteiger partial charge in [0.15, 0.2) is 11.5 Å². The molecule has 0 fully saturated rings. The molecule has 1 aromatic heterocycles. The van der Waals surface area contributed by atoms with Crippen molar-refractivity contribution in [1.82, 2.24) is 4.98 Å². The lowest BCUT2D eigenvalue weighted by molar-refractivity contribution is 0.0521. The second-order valence-corrected chi connectivity index (χ2v) is 5.21. The van der Waals surface area contributed by atoms with E-state index in [1.807, 2.05) is 42.5 Å². The molecule has 3 rings (SSSR count). The molecular weight excluding hydrogens is 306 g/mol. The van der Waals surface area contributed by atoms with Gasteiger partial charge in [0.2, 0.25) is 0 Å². The zero-order valence-corrected chi connectivity index (χ0v) is 13.9. The zero-order chi connectivity index (χ0) is 17.1. The summed E-state index contributed by atoms with van der Waals surface area (Å²) in [6.07, 6.45) is 0. The molecule has 0 aliphatic carbocycles. The Bertz CT molecular complexity index is 868. The Balaban J connectivity index is 2.31. The van der Waals surface area contributed by atoms with Crippen molar-refractivity contribution in [1.29, 1.82) is 0 Å². The van der Waals surface area contributed by atoms with Gasteiger partial charge in [0, 0.05) is 17.0 Å². The van der Waals surface area contributed by atoms with Gasteiger partial charge in [0.1, 0.15) is 5.69 Å². The highest BCUT2D eigenvalue weighted by Crippen LogP contribution is 2.39. The van der Waals surface area contributed by atoms with Crippen LogP contribution in [0.3, 0.4) is 0 Å². The third-order valence-corrected chi connectivity index (χ3v) is 3.84. The monoisotopic (exact) mass is 325 g/mol. The van der Waals surface area contributed by atoms with E-state index in [4.69, 9.17) is 14.2 Å². The van der Waals surface area contributed by atoms with Crippen molar-refractivity contribution in [3.63, 3.8) is 0 Å². The number of fused-ring (bicyclic) bond motifs is 1. The van der Waals surface area contributed by atoms with E-state index >= 15 is 0 Å². The predicted molar refractivity (Wildman–Crippen MR) is 92.8 cm³/mol. The van der Waals surface area contributed by atoms with E-state index in [1.165, 1.54) is 0 Å². The van der Waals surface area contributed by atoms with Crippen molar-refractivity contribution in [2.75, 3.05) is 20.8 Å². The van der Waals surface area contributed by atoms with Gasteiger partial charge >= 0.3 is 5.97 Å². The van der Waals surface area contributed by atoms with Crippen molar-refractivity contribution in [2.24, 2.45) is 0 Å². The maximum atomic E-state index is 12.4. The molecule has 0 aliphatic rings. The van der Waals surface area contributed by atoms with Crippen molar-refractivity contribution in [2.45, 2.75) is 6.92 Å². The van der Waals surface area contributed by atoms with Crippen molar-refractivity contribution in [3.8, 4) is 22.6 Å². The van der Waals surface area contributed by atoms with Gasteiger partial charge in [-0.2, -0.15) is 0 Å². The first-order valence-electron chi connectivity index (χ1n) is 7.69. The van der Waals surface area contributed by atoms with Crippen LogP contribution in [0.2, 0.25) is 0 Å². The summed E-state index contributed by atoms with van der Waals surface area (Å²) in [5.74, 6) is 0.823. The number of benzene rings is 2. The third kappa shape index (κ3) is 2.69. The SMILES string of the molecule is CCOC(=O)c1[nH]c2cc(OC)c(OC)cc2c1-c1ccccc1. The Hall–Kier alpha value is -2.95. The normalized spacial score (nSPS) is 10.6. The van der Waals surface area contributed by atoms with E-state index in [9.17, 15) is 4.79 Å². The number of carbonyl (C=O) groups is 1. The van der Waals surface area contributed by atoms with Crippen LogP contribution in [0.15, 0.2) is 42.5 Å². The van der Waals surface area contributed by atoms with Gasteiger partial charge in [-0.15, -0.1) is 0 Å². The van der Waals surface area contributed by atoms with Gasteiger partial charge in [-0.25, -0.2) is 4.79 Å². The second kappa shape index (κ2) is 6.66. The Morgan fingerprint density at radius 2 is 1.71 bits per heavy atom. The molecule has 124 valence electrons. The molecule has 0 radical (unpaired) electrons. The van der Waals surface area contributed by atoms with E-state index in [1.54, 1.807) is 21.1 Å². The minimum absolute atomic E-state index is 0.315. The molecule has 0 bridgehead atoms. The minimum atomic E-state index is -0.384. The summed E-state index contributed by atoms with van der Waals surface area (Å²) in [7, 11) is 3.17. The first-order chi connectivity index (χ1) is 11.7. The topological polar surface area (TPSA) is 60.6 Å². The Kier molecular flexibility index (Phi) is 4.42. The molecule has 0 unspecified atom stereocenters. The summed E-state index contributed by atoms with van der Waals surface area (Å²) in [4.78, 5) is 15.6. The quantitative estimate of drug-likeness (QED) is 0.720. The fraction of sp³-hybridized carbons (Fsp3) is 0.211. The number of hydrogen-bond acceptors (Lipinski definition) is 4. The molecule has 0 aliphatic heterocycles. The van der Waals surface area contributed by atoms with Crippen LogP contribution in [0, 0.1) is 0 Å². The number of nitrogens with one attached hydrogen (secondary N) is 1. The number of carbonyl (C=O) groups excluding carboxylic acids is 1. The molecule has 0 spiro atoms. The molecule has 0 saturated carbocycles. The summed E-state index contributed by atoms with van der Waals surface area (Å²) in [6, 6.07) is 13.4. The molecule has 0 atom stereocenters. The van der Waals surface area contributed by atoms with Crippen LogP contribution in [-0.2, 0) is 4.74 Å². The van der Waals surface area contributed by atoms with Crippen LogP contribution in [0.1, 0.15) is 17.4 Å². The van der Waals surface area contributed by atoms with Crippen molar-refractivity contribution < 1.29 is 19.0 Å². The van der Waals surface area contributed by atoms with Gasteiger partial charge in [0.25, 0.3) is 0 Å². The van der Waals surface area contributed by atoms with Crippen LogP contribution in [0.25, 0.3) is 22.0 Å². The highest BCUT2D eigenvalue weighted by Gasteiger charge is 2.22. The van der Waals surface area contributed by atoms with Gasteiger partial charge in [-0.3, -0.25) is 0 Å². The number of hydrogen-bond donors (Lipinski definition) is 1. The molecule has 5 nitrogen and oxygen atoms in total. The summed E-state index contributed by atoms with van der Waals surface area (Å²) in [5, 5.41) is 0.877. The lowest BCUT2D eigenvalue weighted by atomic mass is 10.0. The fourth-order valence-corrected chi connectivity index (χ4v) is 2.78. The zero-order valence-electron chi connectivity index (χ0n) is 13.9. The summed E-state index contributed by atoms with van der Waals surface area (Å²) in [6.45, 7) is 2.10. The minimum Gasteiger partial charge on any atom is -0.493 e. The number of methoxy groups -OCH3 is 2. The largest absolute Gasteiger partial charge is 0.493 e. The predicted octanol–water partition coefficient (Wildman–Crippen LogP) is 4.03. The maximum Gasteiger partial charge on any atom is 0.355 e. The summed E-state index contributed by atoms with van der Waals surface area (Å²) in [5.41, 5.74) is 2.94. The van der Waals surface area contributed by atoms with E-state index in [-0.39, 0.29) is 5.97 Å². The first kappa shape index (κ1) is 15.9. The van der Waals surface area contributed by atoms with Crippen molar-refractivity contribution >= 4 is 16.9 Å². The lowest BCUT2D eigenvalue weighted by Gasteiger charge is -2.08. The second-order valence-electron chi connectivity index (χ2n) is 5.21. The van der Waals surface area contributed by atoms with Gasteiger partial charge in [0.05, 0.1) is 26.3 Å². The fourth-order valence-electron chi connectivity index (χ4n) is 2.78. The highest BCUT2D eigenvalue weighted by molar-refractivity contribution is 6.08. The average Bonchev–Trinajstić information content (AvgIpc) is 2.99. The Labute approximate surface area is 140 Å². The summed E-state index contributed by atoms with van der Waals surface area (Å²) >= 11 is 0. The van der Waals surface area contributed by atoms with E-state index < -0.39 is 0 Å². The number of aromatic nitrogens is 1. The number of ether oxygens (including phenoxy) is 3. The molecule has 3 aromatic rings. The number of esters is 1. The molecule has 0 saturated heterocycles. The summed E-state index contributed by atoms with van der Waals surface area (Å²) < 4.78 is 15.9. The Morgan fingerprint density at radius 3 is 2.33 bits per heavy atom. The molecule has 5 heteroatoms. The maximum absolute atomic E-state index is 12.4. The van der Waals surface area contributed by atoms with Gasteiger partial charge in [-0.05, 0) is 18.6 Å². The molecule has 0 amide bonds. The van der Waals surface area contributed by atoms with E-state index in [0.717, 1.165) is 22.0 Å². The van der Waals surface area contributed by atoms with Crippen LogP contribution in [0.4, 0.5) is 0 Å². The van der Waals surface area contributed by atoms with Crippen LogP contribution in [-0.4, -0.2) is 31.8 Å². The molecule has 1 N–H and O–H groups in total. The third-order valence-electron chi connectivity index (χ3n) is 3.84. The first-order valence-corrected chi connectivity index (χ1v) is 7.69. The van der Waals surface area contributed by atoms with Crippen LogP contribution in [0.5, 0.6) is 11.5 Å². The number of rotatable bonds is 5. The van der Waals surface area contributed by atoms with Gasteiger partial charge in [-0.1, -0.05) is 30.3 Å². The van der Waals surface area contributed by atoms with E-state index in [2.05, 4.69) is 4.98 Å². The average molecular weight is 325 g/mol. The molecular formula is C19H19NO4. The van der Waals surface area contributed by atoms with Crippen LogP contribution < -0.4 is 9.47 Å². The highest BCUT2D eigenvalue weighted by atomic mass is 16.5.